The van der Waals surface area contributed by atoms with Crippen LogP contribution < -0.4 is 5.73 Å². The van der Waals surface area contributed by atoms with Crippen molar-refractivity contribution < 1.29 is 0 Å². The topological polar surface area (TPSA) is 29.3 Å². The number of halogens is 1. The summed E-state index contributed by atoms with van der Waals surface area (Å²) in [6.07, 6.45) is 4.17. The summed E-state index contributed by atoms with van der Waals surface area (Å²) in [6, 6.07) is 1.96. The molecule has 6 heteroatoms. The maximum Gasteiger partial charge on any atom is 0.0891 e. The molecule has 0 radical (unpaired) electrons. The molecular formula is C12H17ClN2S3. The highest BCUT2D eigenvalue weighted by molar-refractivity contribution is 8.02. The van der Waals surface area contributed by atoms with E-state index in [1.165, 1.54) is 4.88 Å². The monoisotopic (exact) mass is 320 g/mol. The number of thioether (sulfide) groups is 1. The Morgan fingerprint density at radius 2 is 2.28 bits per heavy atom. The number of thiophene rings is 1. The SMILES string of the molecule is CSC1(C(N)=S)CCN(Cc2sccc2Cl)CC1. The van der Waals surface area contributed by atoms with Crippen LogP contribution in [0, 0.1) is 0 Å². The summed E-state index contributed by atoms with van der Waals surface area (Å²) in [7, 11) is 0. The Hall–Kier alpha value is 0.190. The summed E-state index contributed by atoms with van der Waals surface area (Å²) >= 11 is 14.9. The first-order chi connectivity index (χ1) is 8.57. The Bertz CT molecular complexity index is 425. The van der Waals surface area contributed by atoms with Gasteiger partial charge in [-0.25, -0.2) is 0 Å². The van der Waals surface area contributed by atoms with Gasteiger partial charge < -0.3 is 5.73 Å². The number of nitrogens with two attached hydrogens (primary N) is 1. The highest BCUT2D eigenvalue weighted by Gasteiger charge is 2.36. The molecule has 0 unspecified atom stereocenters. The average molecular weight is 321 g/mol. The fourth-order valence-electron chi connectivity index (χ4n) is 2.26. The number of nitrogens with zero attached hydrogens (tertiary/aromatic N) is 1. The molecule has 0 atom stereocenters. The minimum absolute atomic E-state index is 0.00504. The number of likely N-dealkylation sites (tertiary alicyclic amines) is 1. The van der Waals surface area contributed by atoms with Crippen LogP contribution in [0.2, 0.25) is 5.02 Å². The molecule has 0 aliphatic carbocycles. The fourth-order valence-corrected chi connectivity index (χ4v) is 4.65. The normalized spacial score (nSPS) is 19.9. The van der Waals surface area contributed by atoms with Crippen LogP contribution in [-0.4, -0.2) is 34.0 Å². The highest BCUT2D eigenvalue weighted by atomic mass is 35.5. The van der Waals surface area contributed by atoms with E-state index in [1.807, 2.05) is 11.4 Å². The fraction of sp³-hybridized carbons (Fsp3) is 0.583. The lowest BCUT2D eigenvalue weighted by Gasteiger charge is -2.39. The van der Waals surface area contributed by atoms with Crippen molar-refractivity contribution in [1.82, 2.24) is 4.90 Å². The van der Waals surface area contributed by atoms with Crippen LogP contribution in [0.5, 0.6) is 0 Å². The molecule has 2 heterocycles. The Kier molecular flexibility index (Phi) is 4.94. The second-order valence-electron chi connectivity index (χ2n) is 4.53. The predicted molar refractivity (Wildman–Crippen MR) is 86.9 cm³/mol. The molecule has 0 bridgehead atoms. The molecule has 0 spiro atoms. The van der Waals surface area contributed by atoms with Crippen molar-refractivity contribution in [2.45, 2.75) is 24.1 Å². The zero-order valence-electron chi connectivity index (χ0n) is 10.3. The minimum atomic E-state index is 0.00504. The minimum Gasteiger partial charge on any atom is -0.392 e. The molecule has 1 aliphatic heterocycles. The van der Waals surface area contributed by atoms with E-state index < -0.39 is 0 Å². The summed E-state index contributed by atoms with van der Waals surface area (Å²) in [5, 5.41) is 2.93. The van der Waals surface area contributed by atoms with Gasteiger partial charge in [0.25, 0.3) is 0 Å². The summed E-state index contributed by atoms with van der Waals surface area (Å²) in [4.78, 5) is 4.34. The molecule has 2 nitrogen and oxygen atoms in total. The summed E-state index contributed by atoms with van der Waals surface area (Å²) in [5.41, 5.74) is 5.89. The van der Waals surface area contributed by atoms with E-state index in [4.69, 9.17) is 29.6 Å². The molecule has 1 fully saturated rings. The van der Waals surface area contributed by atoms with Crippen molar-refractivity contribution >= 4 is 51.9 Å². The third-order valence-electron chi connectivity index (χ3n) is 3.56. The first-order valence-corrected chi connectivity index (χ1v) is 8.76. The van der Waals surface area contributed by atoms with E-state index in [-0.39, 0.29) is 4.75 Å². The largest absolute Gasteiger partial charge is 0.392 e. The molecule has 1 saturated heterocycles. The van der Waals surface area contributed by atoms with Crippen molar-refractivity contribution in [3.8, 4) is 0 Å². The zero-order valence-corrected chi connectivity index (χ0v) is 13.5. The molecule has 2 rings (SSSR count). The molecule has 100 valence electrons. The van der Waals surface area contributed by atoms with Crippen LogP contribution in [0.4, 0.5) is 0 Å². The maximum atomic E-state index is 6.13. The van der Waals surface area contributed by atoms with E-state index in [0.29, 0.717) is 4.99 Å². The van der Waals surface area contributed by atoms with Crippen LogP contribution in [-0.2, 0) is 6.54 Å². The second-order valence-corrected chi connectivity index (χ2v) is 7.57. The first-order valence-electron chi connectivity index (χ1n) is 5.87. The quantitative estimate of drug-likeness (QED) is 0.861. The van der Waals surface area contributed by atoms with Crippen LogP contribution in [0.1, 0.15) is 17.7 Å². The molecule has 1 aromatic heterocycles. The zero-order chi connectivity index (χ0) is 13.2. The van der Waals surface area contributed by atoms with E-state index in [1.54, 1.807) is 23.1 Å². The molecule has 2 N–H and O–H groups in total. The van der Waals surface area contributed by atoms with Gasteiger partial charge in [0, 0.05) is 24.5 Å². The van der Waals surface area contributed by atoms with E-state index in [0.717, 1.165) is 37.5 Å². The molecule has 18 heavy (non-hydrogen) atoms. The van der Waals surface area contributed by atoms with Crippen molar-refractivity contribution in [1.29, 1.82) is 0 Å². The van der Waals surface area contributed by atoms with Gasteiger partial charge >= 0.3 is 0 Å². The van der Waals surface area contributed by atoms with E-state index >= 15 is 0 Å². The summed E-state index contributed by atoms with van der Waals surface area (Å²) < 4.78 is 0.00504. The van der Waals surface area contributed by atoms with Crippen molar-refractivity contribution in [3.05, 3.63) is 21.3 Å². The molecule has 1 aliphatic rings. The lowest BCUT2D eigenvalue weighted by atomic mass is 9.95. The Morgan fingerprint density at radius 3 is 2.72 bits per heavy atom. The van der Waals surface area contributed by atoms with Gasteiger partial charge in [-0.15, -0.1) is 11.3 Å². The van der Waals surface area contributed by atoms with Crippen molar-refractivity contribution in [2.24, 2.45) is 5.73 Å². The lowest BCUT2D eigenvalue weighted by molar-refractivity contribution is 0.214. The van der Waals surface area contributed by atoms with E-state index in [9.17, 15) is 0 Å². The first kappa shape index (κ1) is 14.6. The van der Waals surface area contributed by atoms with Crippen LogP contribution in [0.3, 0.4) is 0 Å². The van der Waals surface area contributed by atoms with Gasteiger partial charge in [0.1, 0.15) is 0 Å². The number of hydrogen-bond donors (Lipinski definition) is 1. The molecule has 0 amide bonds. The van der Waals surface area contributed by atoms with Gasteiger partial charge in [-0.3, -0.25) is 4.90 Å². The number of piperidine rings is 1. The van der Waals surface area contributed by atoms with E-state index in [2.05, 4.69) is 11.2 Å². The predicted octanol–water partition coefficient (Wildman–Crippen LogP) is 3.39. The Balaban J connectivity index is 1.94. The van der Waals surface area contributed by atoms with Gasteiger partial charge in [0.15, 0.2) is 0 Å². The standard InChI is InChI=1S/C12H17ClN2S3/c1-17-12(11(14)16)3-5-15(6-4-12)8-10-9(13)2-7-18-10/h2,7H,3-6,8H2,1H3,(H2,14,16). The van der Waals surface area contributed by atoms with Crippen LogP contribution in [0.25, 0.3) is 0 Å². The summed E-state index contributed by atoms with van der Waals surface area (Å²) in [5.74, 6) is 0. The Morgan fingerprint density at radius 1 is 1.61 bits per heavy atom. The van der Waals surface area contributed by atoms with Gasteiger partial charge in [0.2, 0.25) is 0 Å². The molecule has 0 aromatic carbocycles. The number of thiocarbonyl (C=S) groups is 1. The van der Waals surface area contributed by atoms with Crippen molar-refractivity contribution in [3.63, 3.8) is 0 Å². The third-order valence-corrected chi connectivity index (χ3v) is 6.86. The van der Waals surface area contributed by atoms with Gasteiger partial charge in [-0.05, 0) is 30.5 Å². The second kappa shape index (κ2) is 6.09. The highest BCUT2D eigenvalue weighted by Crippen LogP contribution is 2.36. The molecule has 0 saturated carbocycles. The third kappa shape index (κ3) is 3.02. The smallest absolute Gasteiger partial charge is 0.0891 e. The summed E-state index contributed by atoms with van der Waals surface area (Å²) in [6.45, 7) is 3.01. The van der Waals surface area contributed by atoms with Gasteiger partial charge in [-0.2, -0.15) is 11.8 Å². The number of hydrogen-bond acceptors (Lipinski definition) is 4. The van der Waals surface area contributed by atoms with Crippen molar-refractivity contribution in [2.75, 3.05) is 19.3 Å². The number of rotatable bonds is 4. The molecular weight excluding hydrogens is 304 g/mol. The maximum absolute atomic E-state index is 6.13. The Labute approximate surface area is 127 Å². The lowest BCUT2D eigenvalue weighted by Crippen LogP contribution is -2.48. The van der Waals surface area contributed by atoms with Gasteiger partial charge in [-0.1, -0.05) is 23.8 Å². The van der Waals surface area contributed by atoms with Crippen LogP contribution in [0.15, 0.2) is 11.4 Å². The van der Waals surface area contributed by atoms with Gasteiger partial charge in [0.05, 0.1) is 14.8 Å². The molecule has 1 aromatic rings. The average Bonchev–Trinajstić information content (AvgIpc) is 2.76. The van der Waals surface area contributed by atoms with Crippen LogP contribution >= 0.6 is 46.9 Å².